The number of nitrogens with one attached hydrogen (secondary N) is 1. The van der Waals surface area contributed by atoms with Crippen LogP contribution < -0.4 is 5.32 Å². The fourth-order valence-electron chi connectivity index (χ4n) is 1.74. The van der Waals surface area contributed by atoms with Crippen molar-refractivity contribution in [2.24, 2.45) is 5.41 Å². The van der Waals surface area contributed by atoms with Crippen molar-refractivity contribution in [2.45, 2.75) is 52.5 Å². The molecule has 0 radical (unpaired) electrons. The maximum absolute atomic E-state index is 3.55. The van der Waals surface area contributed by atoms with Crippen molar-refractivity contribution in [3.63, 3.8) is 0 Å². The van der Waals surface area contributed by atoms with Gasteiger partial charge in [-0.15, -0.1) is 0 Å². The third-order valence-electron chi connectivity index (χ3n) is 2.92. The largest absolute Gasteiger partial charge is 0.314 e. The number of rotatable bonds is 3. The van der Waals surface area contributed by atoms with E-state index in [9.17, 15) is 0 Å². The molecular weight excluding hydrogens is 134 g/mol. The Labute approximate surface area is 70.6 Å². The highest BCUT2D eigenvalue weighted by Gasteiger charge is 2.23. The van der Waals surface area contributed by atoms with Crippen molar-refractivity contribution >= 4 is 0 Å². The van der Waals surface area contributed by atoms with E-state index in [1.165, 1.54) is 32.2 Å². The molecule has 1 saturated heterocycles. The lowest BCUT2D eigenvalue weighted by molar-refractivity contribution is 0.282. The summed E-state index contributed by atoms with van der Waals surface area (Å²) in [6, 6.07) is 0.810. The highest BCUT2D eigenvalue weighted by atomic mass is 14.9. The van der Waals surface area contributed by atoms with Crippen LogP contribution in [0.3, 0.4) is 0 Å². The third kappa shape index (κ3) is 2.82. The Balaban J connectivity index is 2.28. The first kappa shape index (κ1) is 9.05. The number of hydrogen-bond donors (Lipinski definition) is 1. The Kier molecular flexibility index (Phi) is 2.94. The predicted molar refractivity (Wildman–Crippen MR) is 49.7 cm³/mol. The lowest BCUT2D eigenvalue weighted by Crippen LogP contribution is -2.27. The van der Waals surface area contributed by atoms with Crippen LogP contribution in [0.5, 0.6) is 0 Å². The van der Waals surface area contributed by atoms with Crippen LogP contribution in [-0.2, 0) is 0 Å². The average molecular weight is 155 g/mol. The minimum Gasteiger partial charge on any atom is -0.314 e. The van der Waals surface area contributed by atoms with E-state index in [4.69, 9.17) is 0 Å². The van der Waals surface area contributed by atoms with E-state index < -0.39 is 0 Å². The molecule has 1 aliphatic heterocycles. The molecule has 1 unspecified atom stereocenters. The molecule has 1 heteroatoms. The first-order chi connectivity index (χ1) is 5.14. The lowest BCUT2D eigenvalue weighted by atomic mass is 9.83. The number of hydrogen-bond acceptors (Lipinski definition) is 1. The monoisotopic (exact) mass is 155 g/mol. The molecule has 0 aromatic heterocycles. The molecule has 66 valence electrons. The summed E-state index contributed by atoms with van der Waals surface area (Å²) < 4.78 is 0. The predicted octanol–water partition coefficient (Wildman–Crippen LogP) is 2.56. The summed E-state index contributed by atoms with van der Waals surface area (Å²) in [5.41, 5.74) is 0.544. The van der Waals surface area contributed by atoms with Gasteiger partial charge in [0.2, 0.25) is 0 Å². The molecule has 1 fully saturated rings. The van der Waals surface area contributed by atoms with Gasteiger partial charge in [-0.2, -0.15) is 0 Å². The molecule has 0 amide bonds. The van der Waals surface area contributed by atoms with E-state index in [1.807, 2.05) is 0 Å². The molecular formula is C10H21N. The fourth-order valence-corrected chi connectivity index (χ4v) is 1.74. The maximum Gasteiger partial charge on any atom is 0.00726 e. The maximum atomic E-state index is 3.55. The lowest BCUT2D eigenvalue weighted by Gasteiger charge is -2.26. The van der Waals surface area contributed by atoms with Crippen molar-refractivity contribution in [3.8, 4) is 0 Å². The normalized spacial score (nSPS) is 25.9. The van der Waals surface area contributed by atoms with Crippen LogP contribution in [0.15, 0.2) is 0 Å². The smallest absolute Gasteiger partial charge is 0.00726 e. The van der Waals surface area contributed by atoms with Crippen LogP contribution in [0, 0.1) is 5.41 Å². The van der Waals surface area contributed by atoms with Gasteiger partial charge >= 0.3 is 0 Å². The van der Waals surface area contributed by atoms with E-state index in [2.05, 4.69) is 26.1 Å². The van der Waals surface area contributed by atoms with Gasteiger partial charge in [-0.1, -0.05) is 27.2 Å². The van der Waals surface area contributed by atoms with Gasteiger partial charge < -0.3 is 5.32 Å². The molecule has 1 atom stereocenters. The quantitative estimate of drug-likeness (QED) is 0.660. The second-order valence-corrected chi connectivity index (χ2v) is 4.52. The van der Waals surface area contributed by atoms with Gasteiger partial charge in [0.15, 0.2) is 0 Å². The third-order valence-corrected chi connectivity index (χ3v) is 2.92. The second kappa shape index (κ2) is 3.57. The molecule has 1 aliphatic rings. The van der Waals surface area contributed by atoms with E-state index in [0.717, 1.165) is 6.04 Å². The molecule has 1 N–H and O–H groups in total. The molecule has 11 heavy (non-hydrogen) atoms. The summed E-state index contributed by atoms with van der Waals surface area (Å²) in [5.74, 6) is 0. The average Bonchev–Trinajstić information content (AvgIpc) is 2.39. The molecule has 0 aromatic carbocycles. The van der Waals surface area contributed by atoms with Gasteiger partial charge in [0.25, 0.3) is 0 Å². The minimum absolute atomic E-state index is 0.544. The van der Waals surface area contributed by atoms with Crippen molar-refractivity contribution in [1.82, 2.24) is 5.32 Å². The van der Waals surface area contributed by atoms with Crippen LogP contribution in [0.25, 0.3) is 0 Å². The SMILES string of the molecule is CCC(C)(C)CC1CCCN1. The van der Waals surface area contributed by atoms with Crippen LogP contribution in [0.1, 0.15) is 46.5 Å². The summed E-state index contributed by atoms with van der Waals surface area (Å²) in [6.07, 6.45) is 5.42. The van der Waals surface area contributed by atoms with Crippen LogP contribution in [-0.4, -0.2) is 12.6 Å². The summed E-state index contributed by atoms with van der Waals surface area (Å²) >= 11 is 0. The van der Waals surface area contributed by atoms with E-state index >= 15 is 0 Å². The van der Waals surface area contributed by atoms with Crippen LogP contribution in [0.4, 0.5) is 0 Å². The van der Waals surface area contributed by atoms with Gasteiger partial charge in [-0.25, -0.2) is 0 Å². The zero-order chi connectivity index (χ0) is 8.32. The highest BCUT2D eigenvalue weighted by molar-refractivity contribution is 4.80. The first-order valence-electron chi connectivity index (χ1n) is 4.87. The molecule has 0 bridgehead atoms. The van der Waals surface area contributed by atoms with E-state index in [-0.39, 0.29) is 0 Å². The molecule has 0 aromatic rings. The molecule has 0 spiro atoms. The van der Waals surface area contributed by atoms with E-state index in [0.29, 0.717) is 5.41 Å². The topological polar surface area (TPSA) is 12.0 Å². The van der Waals surface area contributed by atoms with Crippen LogP contribution >= 0.6 is 0 Å². The molecule has 1 nitrogen and oxygen atoms in total. The Hall–Kier alpha value is -0.0400. The zero-order valence-electron chi connectivity index (χ0n) is 8.11. The van der Waals surface area contributed by atoms with E-state index in [1.54, 1.807) is 0 Å². The molecule has 0 saturated carbocycles. The summed E-state index contributed by atoms with van der Waals surface area (Å²) in [6.45, 7) is 8.26. The zero-order valence-corrected chi connectivity index (χ0v) is 8.11. The van der Waals surface area contributed by atoms with Gasteiger partial charge in [0.05, 0.1) is 0 Å². The van der Waals surface area contributed by atoms with Crippen molar-refractivity contribution in [3.05, 3.63) is 0 Å². The second-order valence-electron chi connectivity index (χ2n) is 4.52. The first-order valence-corrected chi connectivity index (χ1v) is 4.87. The van der Waals surface area contributed by atoms with Gasteiger partial charge in [0.1, 0.15) is 0 Å². The van der Waals surface area contributed by atoms with Crippen molar-refractivity contribution < 1.29 is 0 Å². The Morgan fingerprint density at radius 2 is 2.18 bits per heavy atom. The van der Waals surface area contributed by atoms with Gasteiger partial charge in [-0.05, 0) is 31.2 Å². The standard InChI is InChI=1S/C10H21N/c1-4-10(2,3)8-9-6-5-7-11-9/h9,11H,4-8H2,1-3H3. The van der Waals surface area contributed by atoms with Gasteiger partial charge in [-0.3, -0.25) is 0 Å². The van der Waals surface area contributed by atoms with Gasteiger partial charge in [0, 0.05) is 6.04 Å². The Bertz CT molecular complexity index is 112. The fraction of sp³-hybridized carbons (Fsp3) is 1.00. The van der Waals surface area contributed by atoms with Crippen molar-refractivity contribution in [2.75, 3.05) is 6.54 Å². The molecule has 1 rings (SSSR count). The Morgan fingerprint density at radius 3 is 2.64 bits per heavy atom. The molecule has 0 aliphatic carbocycles. The highest BCUT2D eigenvalue weighted by Crippen LogP contribution is 2.28. The Morgan fingerprint density at radius 1 is 1.45 bits per heavy atom. The van der Waals surface area contributed by atoms with Crippen molar-refractivity contribution in [1.29, 1.82) is 0 Å². The molecule has 1 heterocycles. The summed E-state index contributed by atoms with van der Waals surface area (Å²) in [7, 11) is 0. The van der Waals surface area contributed by atoms with Crippen LogP contribution in [0.2, 0.25) is 0 Å². The summed E-state index contributed by atoms with van der Waals surface area (Å²) in [5, 5.41) is 3.55. The minimum atomic E-state index is 0.544. The summed E-state index contributed by atoms with van der Waals surface area (Å²) in [4.78, 5) is 0.